The highest BCUT2D eigenvalue weighted by Crippen LogP contribution is 2.40. The molecule has 8 heteroatoms. The number of aromatic nitrogens is 3. The van der Waals surface area contributed by atoms with Gasteiger partial charge in [0.05, 0.1) is 26.8 Å². The van der Waals surface area contributed by atoms with Crippen LogP contribution in [0.1, 0.15) is 36.0 Å². The first-order valence-corrected chi connectivity index (χ1v) is 11.2. The van der Waals surface area contributed by atoms with Crippen molar-refractivity contribution in [3.63, 3.8) is 0 Å². The molecular formula is C22H25BrN6O. The number of nitrogens with one attached hydrogen (secondary N) is 2. The second-order valence-corrected chi connectivity index (χ2v) is 9.07. The predicted octanol–water partition coefficient (Wildman–Crippen LogP) is 4.04. The van der Waals surface area contributed by atoms with Gasteiger partial charge in [-0.3, -0.25) is 14.7 Å². The molecular weight excluding hydrogens is 444 g/mol. The third-order valence-electron chi connectivity index (χ3n) is 6.21. The van der Waals surface area contributed by atoms with Crippen molar-refractivity contribution in [1.29, 1.82) is 0 Å². The number of hydrogen-bond acceptors (Lipinski definition) is 5. The molecule has 1 aliphatic heterocycles. The largest absolute Gasteiger partial charge is 0.368 e. The fourth-order valence-electron chi connectivity index (χ4n) is 4.43. The van der Waals surface area contributed by atoms with Crippen LogP contribution < -0.4 is 10.2 Å². The first kappa shape index (κ1) is 19.5. The number of pyridine rings is 2. The van der Waals surface area contributed by atoms with Gasteiger partial charge in [0, 0.05) is 50.0 Å². The van der Waals surface area contributed by atoms with Crippen LogP contribution in [0.25, 0.3) is 11.0 Å². The van der Waals surface area contributed by atoms with Gasteiger partial charge >= 0.3 is 0 Å². The maximum Gasteiger partial charge on any atom is 0.257 e. The van der Waals surface area contributed by atoms with Crippen LogP contribution in [0.2, 0.25) is 0 Å². The van der Waals surface area contributed by atoms with Crippen LogP contribution in [0.4, 0.5) is 11.4 Å². The van der Waals surface area contributed by atoms with E-state index in [9.17, 15) is 4.79 Å². The molecule has 2 aliphatic rings. The Hall–Kier alpha value is -2.45. The number of fused-ring (bicyclic) bond motifs is 1. The minimum Gasteiger partial charge on any atom is -0.368 e. The molecule has 0 radical (unpaired) electrons. The van der Waals surface area contributed by atoms with Crippen molar-refractivity contribution in [2.45, 2.75) is 37.8 Å². The fourth-order valence-corrected chi connectivity index (χ4v) is 4.98. The van der Waals surface area contributed by atoms with Gasteiger partial charge in [-0.05, 0) is 60.8 Å². The fraction of sp³-hybridized carbons (Fsp3) is 0.409. The Balaban J connectivity index is 1.48. The Labute approximate surface area is 184 Å². The molecule has 1 aliphatic carbocycles. The molecule has 0 spiro atoms. The number of aromatic amines is 1. The average Bonchev–Trinajstić information content (AvgIpc) is 3.56. The van der Waals surface area contributed by atoms with E-state index in [4.69, 9.17) is 0 Å². The van der Waals surface area contributed by atoms with Crippen LogP contribution in [0, 0.1) is 0 Å². The smallest absolute Gasteiger partial charge is 0.257 e. The second-order valence-electron chi connectivity index (χ2n) is 8.22. The summed E-state index contributed by atoms with van der Waals surface area (Å²) in [6, 6.07) is 4.82. The molecule has 5 rings (SSSR count). The van der Waals surface area contributed by atoms with Gasteiger partial charge in [0.2, 0.25) is 0 Å². The number of carbonyl (C=O) groups is 1. The summed E-state index contributed by atoms with van der Waals surface area (Å²) in [6.07, 6.45) is 11.9. The number of halogens is 1. The molecule has 3 aromatic rings. The van der Waals surface area contributed by atoms with E-state index < -0.39 is 0 Å². The number of likely N-dealkylation sites (N-methyl/N-ethyl adjacent to an activating group) is 1. The maximum absolute atomic E-state index is 12.7. The lowest BCUT2D eigenvalue weighted by molar-refractivity contribution is 0.102. The number of hydrogen-bond donors (Lipinski definition) is 2. The molecule has 0 aromatic carbocycles. The molecule has 156 valence electrons. The van der Waals surface area contributed by atoms with E-state index in [1.165, 1.54) is 19.3 Å². The number of nitrogens with zero attached hydrogens (tertiary/aromatic N) is 4. The Bertz CT molecular complexity index is 1060. The van der Waals surface area contributed by atoms with Gasteiger partial charge in [-0.25, -0.2) is 4.98 Å². The first-order valence-electron chi connectivity index (χ1n) is 10.5. The van der Waals surface area contributed by atoms with E-state index in [2.05, 4.69) is 53.0 Å². The van der Waals surface area contributed by atoms with Crippen LogP contribution in [0.3, 0.4) is 0 Å². The summed E-state index contributed by atoms with van der Waals surface area (Å²) in [5, 5.41) is 3.98. The third kappa shape index (κ3) is 3.70. The van der Waals surface area contributed by atoms with Crippen molar-refractivity contribution in [3.05, 3.63) is 47.0 Å². The number of rotatable bonds is 5. The van der Waals surface area contributed by atoms with Crippen LogP contribution >= 0.6 is 15.9 Å². The zero-order valence-corrected chi connectivity index (χ0v) is 18.5. The van der Waals surface area contributed by atoms with Crippen molar-refractivity contribution in [2.75, 3.05) is 30.4 Å². The molecule has 4 heterocycles. The average molecular weight is 469 g/mol. The first-order chi connectivity index (χ1) is 14.6. The van der Waals surface area contributed by atoms with E-state index in [0.29, 0.717) is 11.6 Å². The Morgan fingerprint density at radius 2 is 2.17 bits per heavy atom. The summed E-state index contributed by atoms with van der Waals surface area (Å²) in [6.45, 7) is 1.97. The number of anilines is 2. The van der Waals surface area contributed by atoms with Gasteiger partial charge in [-0.15, -0.1) is 0 Å². The van der Waals surface area contributed by atoms with E-state index in [-0.39, 0.29) is 5.91 Å². The molecule has 7 nitrogen and oxygen atoms in total. The number of amides is 1. The summed E-state index contributed by atoms with van der Waals surface area (Å²) < 4.78 is 0.946. The quantitative estimate of drug-likeness (QED) is 0.590. The van der Waals surface area contributed by atoms with E-state index in [0.717, 1.165) is 52.4 Å². The highest BCUT2D eigenvalue weighted by Gasteiger charge is 2.34. The van der Waals surface area contributed by atoms with Gasteiger partial charge in [0.15, 0.2) is 0 Å². The predicted molar refractivity (Wildman–Crippen MR) is 122 cm³/mol. The monoisotopic (exact) mass is 468 g/mol. The summed E-state index contributed by atoms with van der Waals surface area (Å²) in [7, 11) is 2.26. The van der Waals surface area contributed by atoms with E-state index >= 15 is 0 Å². The van der Waals surface area contributed by atoms with Crippen LogP contribution in [-0.4, -0.2) is 58.0 Å². The van der Waals surface area contributed by atoms with Gasteiger partial charge < -0.3 is 15.2 Å². The zero-order chi connectivity index (χ0) is 20.7. The van der Waals surface area contributed by atoms with Crippen molar-refractivity contribution < 1.29 is 4.79 Å². The van der Waals surface area contributed by atoms with Gasteiger partial charge in [0.25, 0.3) is 5.91 Å². The molecule has 0 bridgehead atoms. The van der Waals surface area contributed by atoms with Crippen LogP contribution in [-0.2, 0) is 0 Å². The van der Waals surface area contributed by atoms with Crippen molar-refractivity contribution in [2.24, 2.45) is 0 Å². The SMILES string of the molecule is CN(C1CC1)[C@@H]1CCCN(c2c(Br)cnc3[nH]cc(NC(=O)c4cccnc4)c23)C1. The van der Waals surface area contributed by atoms with Gasteiger partial charge in [-0.1, -0.05) is 0 Å². The number of H-pyrrole nitrogens is 1. The Morgan fingerprint density at radius 1 is 1.30 bits per heavy atom. The minimum atomic E-state index is -0.181. The maximum atomic E-state index is 12.7. The summed E-state index contributed by atoms with van der Waals surface area (Å²) in [5.41, 5.74) is 3.13. The summed E-state index contributed by atoms with van der Waals surface area (Å²) >= 11 is 3.73. The molecule has 2 N–H and O–H groups in total. The standard InChI is InChI=1S/C22H25BrN6O/c1-28(15-6-7-15)16-5-3-9-29(13-16)20-17(23)11-25-21-19(20)18(12-26-21)27-22(30)14-4-2-8-24-10-14/h2,4,8,10-12,15-16H,3,5-7,9,13H2,1H3,(H,25,26)(H,27,30)/t16-/m1/s1. The second kappa shape index (κ2) is 8.00. The molecule has 30 heavy (non-hydrogen) atoms. The van der Waals surface area contributed by atoms with Crippen LogP contribution in [0.15, 0.2) is 41.4 Å². The molecule has 2 fully saturated rings. The minimum absolute atomic E-state index is 0.181. The zero-order valence-electron chi connectivity index (χ0n) is 16.9. The number of piperidine rings is 1. The number of carbonyl (C=O) groups excluding carboxylic acids is 1. The highest BCUT2D eigenvalue weighted by molar-refractivity contribution is 9.10. The lowest BCUT2D eigenvalue weighted by atomic mass is 10.0. The molecule has 0 unspecified atom stereocenters. The Morgan fingerprint density at radius 3 is 2.93 bits per heavy atom. The van der Waals surface area contributed by atoms with Gasteiger partial charge in [-0.2, -0.15) is 0 Å². The van der Waals surface area contributed by atoms with Crippen molar-refractivity contribution >= 4 is 44.2 Å². The molecule has 3 aromatic heterocycles. The van der Waals surface area contributed by atoms with E-state index in [1.54, 1.807) is 24.5 Å². The normalized spacial score (nSPS) is 19.4. The molecule has 1 saturated heterocycles. The lowest BCUT2D eigenvalue weighted by Crippen LogP contribution is -2.47. The molecule has 1 atom stereocenters. The molecule has 1 saturated carbocycles. The third-order valence-corrected chi connectivity index (χ3v) is 6.79. The van der Waals surface area contributed by atoms with Gasteiger partial charge in [0.1, 0.15) is 5.65 Å². The van der Waals surface area contributed by atoms with Crippen molar-refractivity contribution in [3.8, 4) is 0 Å². The lowest BCUT2D eigenvalue weighted by Gasteiger charge is -2.39. The van der Waals surface area contributed by atoms with E-state index in [1.807, 2.05) is 12.4 Å². The molecule has 1 amide bonds. The van der Waals surface area contributed by atoms with Crippen molar-refractivity contribution in [1.82, 2.24) is 19.9 Å². The Kier molecular flexibility index (Phi) is 5.20. The summed E-state index contributed by atoms with van der Waals surface area (Å²) in [4.78, 5) is 29.5. The topological polar surface area (TPSA) is 77.1 Å². The van der Waals surface area contributed by atoms with Crippen LogP contribution in [0.5, 0.6) is 0 Å². The highest BCUT2D eigenvalue weighted by atomic mass is 79.9. The summed E-state index contributed by atoms with van der Waals surface area (Å²) in [5.74, 6) is -0.181.